The Morgan fingerprint density at radius 2 is 1.58 bits per heavy atom. The summed E-state index contributed by atoms with van der Waals surface area (Å²) in [5.74, 6) is -6.40. The van der Waals surface area contributed by atoms with Gasteiger partial charge in [0.25, 0.3) is 11.8 Å². The third kappa shape index (κ3) is 4.89. The van der Waals surface area contributed by atoms with E-state index in [-0.39, 0.29) is 26.3 Å². The van der Waals surface area contributed by atoms with Gasteiger partial charge >= 0.3 is 0 Å². The standard InChI is InChI=1S/C21H14Cl5F3N2O2/c22-12-2-1-9(5-11(12)18(32)31-10-6-20(28,29)7-10)30-19(33)16-15(21(16,25)26)8-3-13(23)17(27)14(24)4-8/h1-5,10,15-16H,6-7H2,(H,30,33)(H,31,32)/t15-,16+/m0/s1. The van der Waals surface area contributed by atoms with Crippen molar-refractivity contribution in [2.45, 2.75) is 35.1 Å². The zero-order valence-electron chi connectivity index (χ0n) is 16.4. The molecule has 2 aromatic rings. The first-order chi connectivity index (χ1) is 15.3. The second kappa shape index (κ2) is 8.68. The minimum Gasteiger partial charge on any atom is -0.349 e. The van der Waals surface area contributed by atoms with Gasteiger partial charge in [-0.05, 0) is 35.9 Å². The summed E-state index contributed by atoms with van der Waals surface area (Å²) in [6.45, 7) is 0. The van der Waals surface area contributed by atoms with Gasteiger partial charge in [-0.1, -0.05) is 34.8 Å². The molecule has 0 radical (unpaired) electrons. The van der Waals surface area contributed by atoms with Gasteiger partial charge in [-0.25, -0.2) is 13.2 Å². The predicted molar refractivity (Wildman–Crippen MR) is 123 cm³/mol. The molecule has 0 bridgehead atoms. The van der Waals surface area contributed by atoms with E-state index in [9.17, 15) is 22.8 Å². The Balaban J connectivity index is 1.47. The Morgan fingerprint density at radius 3 is 2.15 bits per heavy atom. The zero-order chi connectivity index (χ0) is 24.3. The monoisotopic (exact) mass is 558 g/mol. The molecule has 2 amide bonds. The largest absolute Gasteiger partial charge is 0.349 e. The van der Waals surface area contributed by atoms with Gasteiger partial charge in [0.2, 0.25) is 5.91 Å². The number of hydrogen-bond acceptors (Lipinski definition) is 2. The summed E-state index contributed by atoms with van der Waals surface area (Å²) in [6, 6.07) is 6.11. The van der Waals surface area contributed by atoms with E-state index in [1.165, 1.54) is 30.3 Å². The van der Waals surface area contributed by atoms with Crippen molar-refractivity contribution in [3.8, 4) is 0 Å². The van der Waals surface area contributed by atoms with Crippen molar-refractivity contribution >= 4 is 75.5 Å². The highest BCUT2D eigenvalue weighted by Crippen LogP contribution is 2.65. The smallest absolute Gasteiger partial charge is 0.253 e. The van der Waals surface area contributed by atoms with Crippen molar-refractivity contribution in [3.05, 3.63) is 62.3 Å². The lowest BCUT2D eigenvalue weighted by atomic mass is 9.88. The maximum absolute atomic E-state index is 13.7. The lowest BCUT2D eigenvalue weighted by molar-refractivity contribution is -0.117. The van der Waals surface area contributed by atoms with Gasteiger partial charge in [0.1, 0.15) is 4.33 Å². The van der Waals surface area contributed by atoms with E-state index in [2.05, 4.69) is 10.6 Å². The van der Waals surface area contributed by atoms with E-state index >= 15 is 0 Å². The van der Waals surface area contributed by atoms with Gasteiger partial charge < -0.3 is 10.6 Å². The normalized spacial score (nSPS) is 22.9. The summed E-state index contributed by atoms with van der Waals surface area (Å²) < 4.78 is 38.3. The van der Waals surface area contributed by atoms with E-state index in [1.807, 2.05) is 0 Å². The van der Waals surface area contributed by atoms with Gasteiger partial charge in [-0.2, -0.15) is 0 Å². The first kappa shape index (κ1) is 24.7. The highest BCUT2D eigenvalue weighted by molar-refractivity contribution is 6.53. The SMILES string of the molecule is O=C(NC1CC(F)(F)C1)c1cc(NC(=O)[C@H]2[C@H](c3cc(Cl)c(F)c(Cl)c3)C2(Cl)Cl)ccc1Cl. The molecule has 33 heavy (non-hydrogen) atoms. The van der Waals surface area contributed by atoms with Crippen molar-refractivity contribution in [1.29, 1.82) is 0 Å². The van der Waals surface area contributed by atoms with Crippen molar-refractivity contribution in [2.24, 2.45) is 5.92 Å². The Bertz CT molecular complexity index is 1130. The molecule has 0 spiro atoms. The molecule has 0 saturated heterocycles. The Kier molecular flexibility index (Phi) is 6.51. The van der Waals surface area contributed by atoms with Gasteiger partial charge in [-0.15, -0.1) is 23.2 Å². The number of hydrogen-bond donors (Lipinski definition) is 2. The molecule has 2 aliphatic rings. The quantitative estimate of drug-likeness (QED) is 0.311. The molecule has 2 atom stereocenters. The molecule has 0 aliphatic heterocycles. The van der Waals surface area contributed by atoms with Crippen LogP contribution in [0.2, 0.25) is 15.1 Å². The molecule has 2 saturated carbocycles. The fraction of sp³-hybridized carbons (Fsp3) is 0.333. The maximum Gasteiger partial charge on any atom is 0.253 e. The van der Waals surface area contributed by atoms with Gasteiger partial charge in [-0.3, -0.25) is 9.59 Å². The van der Waals surface area contributed by atoms with Crippen LogP contribution in [-0.2, 0) is 4.79 Å². The number of anilines is 1. The number of alkyl halides is 4. The number of amides is 2. The average molecular weight is 561 g/mol. The molecule has 0 heterocycles. The van der Waals surface area contributed by atoms with Crippen molar-refractivity contribution in [2.75, 3.05) is 5.32 Å². The van der Waals surface area contributed by atoms with Crippen molar-refractivity contribution < 1.29 is 22.8 Å². The Labute approximate surface area is 211 Å². The first-order valence-corrected chi connectivity index (χ1v) is 11.5. The van der Waals surface area contributed by atoms with E-state index in [0.717, 1.165) is 0 Å². The Hall–Kier alpha value is -1.38. The fourth-order valence-corrected chi connectivity index (χ4v) is 5.38. The lowest BCUT2D eigenvalue weighted by Crippen LogP contribution is -2.50. The first-order valence-electron chi connectivity index (χ1n) is 9.61. The third-order valence-corrected chi connectivity index (χ3v) is 7.43. The van der Waals surface area contributed by atoms with Gasteiger partial charge in [0.05, 0.1) is 26.5 Å². The molecular formula is C21H14Cl5F3N2O2. The van der Waals surface area contributed by atoms with Crippen molar-refractivity contribution in [3.63, 3.8) is 0 Å². The summed E-state index contributed by atoms with van der Waals surface area (Å²) in [6.07, 6.45) is -0.887. The van der Waals surface area contributed by atoms with Crippen LogP contribution in [0.4, 0.5) is 18.9 Å². The molecule has 2 N–H and O–H groups in total. The number of benzene rings is 2. The van der Waals surface area contributed by atoms with Crippen LogP contribution in [0.5, 0.6) is 0 Å². The number of halogens is 8. The van der Waals surface area contributed by atoms with Crippen LogP contribution in [0.3, 0.4) is 0 Å². The molecule has 0 unspecified atom stereocenters. The van der Waals surface area contributed by atoms with Crippen LogP contribution in [0.15, 0.2) is 30.3 Å². The number of rotatable bonds is 5. The topological polar surface area (TPSA) is 58.2 Å². The molecular weight excluding hydrogens is 547 g/mol. The second-order valence-electron chi connectivity index (χ2n) is 8.05. The highest BCUT2D eigenvalue weighted by atomic mass is 35.5. The van der Waals surface area contributed by atoms with Crippen LogP contribution < -0.4 is 10.6 Å². The second-order valence-corrected chi connectivity index (χ2v) is 10.7. The summed E-state index contributed by atoms with van der Waals surface area (Å²) in [5, 5.41) is 4.72. The molecule has 0 aromatic heterocycles. The third-order valence-electron chi connectivity index (χ3n) is 5.61. The van der Waals surface area contributed by atoms with E-state index < -0.39 is 58.6 Å². The van der Waals surface area contributed by atoms with E-state index in [0.29, 0.717) is 5.56 Å². The van der Waals surface area contributed by atoms with E-state index in [1.54, 1.807) is 0 Å². The van der Waals surface area contributed by atoms with Crippen LogP contribution in [0.1, 0.15) is 34.7 Å². The average Bonchev–Trinajstić information content (AvgIpc) is 3.27. The molecule has 2 aromatic carbocycles. The van der Waals surface area contributed by atoms with Gasteiger partial charge in [0, 0.05) is 30.5 Å². The maximum atomic E-state index is 13.7. The van der Waals surface area contributed by atoms with Crippen LogP contribution in [0, 0.1) is 11.7 Å². The molecule has 2 aliphatic carbocycles. The van der Waals surface area contributed by atoms with Crippen molar-refractivity contribution in [1.82, 2.24) is 5.32 Å². The fourth-order valence-electron chi connectivity index (χ4n) is 3.85. The highest BCUT2D eigenvalue weighted by Gasteiger charge is 2.67. The molecule has 4 nitrogen and oxygen atoms in total. The zero-order valence-corrected chi connectivity index (χ0v) is 20.2. The summed E-state index contributed by atoms with van der Waals surface area (Å²) in [5.41, 5.74) is 0.626. The molecule has 2 fully saturated rings. The summed E-state index contributed by atoms with van der Waals surface area (Å²) >= 11 is 30.3. The summed E-state index contributed by atoms with van der Waals surface area (Å²) in [4.78, 5) is 25.3. The summed E-state index contributed by atoms with van der Waals surface area (Å²) in [7, 11) is 0. The lowest BCUT2D eigenvalue weighted by Gasteiger charge is -2.35. The van der Waals surface area contributed by atoms with E-state index in [4.69, 9.17) is 58.0 Å². The Morgan fingerprint density at radius 1 is 0.970 bits per heavy atom. The molecule has 176 valence electrons. The van der Waals surface area contributed by atoms with Crippen LogP contribution in [0.25, 0.3) is 0 Å². The number of carbonyl (C=O) groups is 2. The minimum absolute atomic E-state index is 0.0112. The number of nitrogens with one attached hydrogen (secondary N) is 2. The molecule has 4 rings (SSSR count). The minimum atomic E-state index is -2.78. The number of carbonyl (C=O) groups excluding carboxylic acids is 2. The molecule has 12 heteroatoms. The van der Waals surface area contributed by atoms with Crippen LogP contribution in [-0.4, -0.2) is 28.1 Å². The van der Waals surface area contributed by atoms with Crippen LogP contribution >= 0.6 is 58.0 Å². The van der Waals surface area contributed by atoms with Gasteiger partial charge in [0.15, 0.2) is 5.82 Å². The predicted octanol–water partition coefficient (Wildman–Crippen LogP) is 6.84.